The van der Waals surface area contributed by atoms with Gasteiger partial charge in [0.15, 0.2) is 5.13 Å². The molecule has 7 heterocycles. The van der Waals surface area contributed by atoms with Gasteiger partial charge in [-0.15, -0.1) is 11.8 Å². The molecular weight excluding hydrogens is 847 g/mol. The van der Waals surface area contributed by atoms with Gasteiger partial charge in [-0.05, 0) is 95.1 Å². The van der Waals surface area contributed by atoms with Gasteiger partial charge in [-0.3, -0.25) is 24.0 Å². The van der Waals surface area contributed by atoms with Gasteiger partial charge in [-0.2, -0.15) is 5.10 Å². The number of oxazole rings is 1. The molecule has 0 atom stereocenters. The van der Waals surface area contributed by atoms with E-state index in [1.54, 1.807) is 30.4 Å². The SMILES string of the molecule is Cc1cc(C)c(CNC(=O)c2cc(-c3ccc(N4CCN(CCN5CCC(C(=O)Nc6ncc(SCc7ncc(C(C)(C)C)o7)s6)CC5)CC4)nc3)cc3c2cnn3C(C)C)c(=O)[nH]1. The Morgan fingerprint density at radius 1 is 0.922 bits per heavy atom. The van der Waals surface area contributed by atoms with Crippen LogP contribution in [-0.4, -0.2) is 104 Å². The van der Waals surface area contributed by atoms with E-state index in [2.05, 4.69) is 98.2 Å². The smallest absolute Gasteiger partial charge is 0.253 e. The molecule has 0 aliphatic carbocycles. The van der Waals surface area contributed by atoms with E-state index >= 15 is 0 Å². The van der Waals surface area contributed by atoms with Crippen LogP contribution in [0.4, 0.5) is 10.9 Å². The number of thiazole rings is 1. The van der Waals surface area contributed by atoms with E-state index in [1.807, 2.05) is 36.9 Å². The molecule has 338 valence electrons. The van der Waals surface area contributed by atoms with Gasteiger partial charge in [-0.1, -0.05) is 32.1 Å². The molecule has 15 nitrogen and oxygen atoms in total. The molecule has 2 fully saturated rings. The van der Waals surface area contributed by atoms with Crippen molar-refractivity contribution in [2.75, 3.05) is 62.6 Å². The molecule has 0 radical (unpaired) electrons. The maximum Gasteiger partial charge on any atom is 0.253 e. The zero-order valence-corrected chi connectivity index (χ0v) is 39.5. The lowest BCUT2D eigenvalue weighted by Crippen LogP contribution is -2.49. The van der Waals surface area contributed by atoms with Gasteiger partial charge in [0.05, 0.1) is 39.6 Å². The standard InChI is InChI=1S/C47H59N11O4S2/c1-29(2)58-38-22-34(21-35(37(38)25-52-58)44(60)50-24-36-30(3)20-31(4)53-45(36)61)33-8-9-40(48-23-33)57-18-16-56(17-19-57)15-14-55-12-10-32(11-13-55)43(59)54-46-51-27-42(64-46)63-28-41-49-26-39(62-41)47(5,6)7/h8-9,20-23,25-27,29,32H,10-19,24,28H2,1-7H3,(H,50,60)(H,53,61)(H,51,54,59). The summed E-state index contributed by atoms with van der Waals surface area (Å²) in [6, 6.07) is 10.1. The van der Waals surface area contributed by atoms with Gasteiger partial charge >= 0.3 is 0 Å². The minimum atomic E-state index is -0.267. The highest BCUT2D eigenvalue weighted by Crippen LogP contribution is 2.33. The lowest BCUT2D eigenvalue weighted by molar-refractivity contribution is -0.121. The maximum absolute atomic E-state index is 13.8. The average molecular weight is 906 g/mol. The van der Waals surface area contributed by atoms with E-state index < -0.39 is 0 Å². The number of piperidine rings is 1. The van der Waals surface area contributed by atoms with Crippen LogP contribution in [-0.2, 0) is 22.5 Å². The molecule has 2 amide bonds. The van der Waals surface area contributed by atoms with Crippen LogP contribution < -0.4 is 21.1 Å². The summed E-state index contributed by atoms with van der Waals surface area (Å²) >= 11 is 3.10. The lowest BCUT2D eigenvalue weighted by Gasteiger charge is -2.37. The molecule has 2 aliphatic rings. The topological polar surface area (TPSA) is 170 Å². The highest BCUT2D eigenvalue weighted by atomic mass is 32.2. The summed E-state index contributed by atoms with van der Waals surface area (Å²) < 4.78 is 8.85. The number of amides is 2. The van der Waals surface area contributed by atoms with Crippen molar-refractivity contribution in [2.45, 2.75) is 89.3 Å². The molecule has 17 heteroatoms. The zero-order valence-electron chi connectivity index (χ0n) is 37.9. The van der Waals surface area contributed by atoms with Crippen molar-refractivity contribution < 1.29 is 14.0 Å². The van der Waals surface area contributed by atoms with Crippen LogP contribution in [0.5, 0.6) is 0 Å². The number of anilines is 2. The van der Waals surface area contributed by atoms with E-state index in [-0.39, 0.29) is 41.3 Å². The number of thioether (sulfide) groups is 1. The number of nitrogens with one attached hydrogen (secondary N) is 3. The monoisotopic (exact) mass is 905 g/mol. The number of carbonyl (C=O) groups is 2. The third-order valence-electron chi connectivity index (χ3n) is 12.2. The number of hydrogen-bond acceptors (Lipinski definition) is 13. The first kappa shape index (κ1) is 45.2. The number of piperazine rings is 1. The number of H-pyrrole nitrogens is 1. The number of hydrogen-bond donors (Lipinski definition) is 3. The van der Waals surface area contributed by atoms with Crippen molar-refractivity contribution in [1.82, 2.24) is 44.8 Å². The molecule has 8 rings (SSSR count). The maximum atomic E-state index is 13.8. The van der Waals surface area contributed by atoms with E-state index in [1.165, 1.54) is 11.3 Å². The van der Waals surface area contributed by atoms with Gasteiger partial charge in [0.25, 0.3) is 11.5 Å². The van der Waals surface area contributed by atoms with E-state index in [0.29, 0.717) is 27.9 Å². The lowest BCUT2D eigenvalue weighted by atomic mass is 9.94. The fraction of sp³-hybridized carbons (Fsp3) is 0.468. The quantitative estimate of drug-likeness (QED) is 0.0927. The summed E-state index contributed by atoms with van der Waals surface area (Å²) in [7, 11) is 0. The molecule has 5 aromatic heterocycles. The van der Waals surface area contributed by atoms with Gasteiger partial charge < -0.3 is 29.8 Å². The minimum Gasteiger partial charge on any atom is -0.444 e. The molecule has 0 spiro atoms. The van der Waals surface area contributed by atoms with Crippen molar-refractivity contribution >= 4 is 56.8 Å². The number of pyridine rings is 2. The molecule has 64 heavy (non-hydrogen) atoms. The van der Waals surface area contributed by atoms with Gasteiger partial charge in [0.2, 0.25) is 11.8 Å². The first-order chi connectivity index (χ1) is 30.7. The molecule has 0 bridgehead atoms. The van der Waals surface area contributed by atoms with Crippen LogP contribution in [0.1, 0.15) is 92.3 Å². The summed E-state index contributed by atoms with van der Waals surface area (Å²) in [5, 5.41) is 12.1. The number of aromatic amines is 1. The Kier molecular flexibility index (Phi) is 13.7. The van der Waals surface area contributed by atoms with Crippen LogP contribution in [0.2, 0.25) is 0 Å². The van der Waals surface area contributed by atoms with Gasteiger partial charge in [0.1, 0.15) is 11.6 Å². The summed E-state index contributed by atoms with van der Waals surface area (Å²) in [5.41, 5.74) is 5.03. The summed E-state index contributed by atoms with van der Waals surface area (Å²) in [4.78, 5) is 63.5. The van der Waals surface area contributed by atoms with Crippen LogP contribution in [0.15, 0.2) is 68.5 Å². The Hall–Kier alpha value is -5.36. The number of nitrogens with zero attached hydrogens (tertiary/aromatic N) is 8. The van der Waals surface area contributed by atoms with E-state index in [0.717, 1.165) is 114 Å². The molecule has 1 aromatic carbocycles. The summed E-state index contributed by atoms with van der Waals surface area (Å²) in [6.45, 7) is 21.8. The van der Waals surface area contributed by atoms with Crippen molar-refractivity contribution in [3.63, 3.8) is 0 Å². The third kappa shape index (κ3) is 10.6. The highest BCUT2D eigenvalue weighted by Gasteiger charge is 2.27. The van der Waals surface area contributed by atoms with E-state index in [9.17, 15) is 14.4 Å². The number of aryl methyl sites for hydroxylation is 2. The summed E-state index contributed by atoms with van der Waals surface area (Å²) in [6.07, 6.45) is 8.92. The number of rotatable bonds is 14. The molecule has 6 aromatic rings. The number of fused-ring (bicyclic) bond motifs is 1. The molecule has 3 N–H and O–H groups in total. The zero-order chi connectivity index (χ0) is 45.1. The number of benzene rings is 1. The molecular formula is C47H59N11O4S2. The largest absolute Gasteiger partial charge is 0.444 e. The van der Waals surface area contributed by atoms with Crippen LogP contribution in [0.3, 0.4) is 0 Å². The minimum absolute atomic E-state index is 0.0123. The van der Waals surface area contributed by atoms with Crippen LogP contribution in [0, 0.1) is 19.8 Å². The predicted molar refractivity (Wildman–Crippen MR) is 254 cm³/mol. The second kappa shape index (κ2) is 19.4. The predicted octanol–water partition coefficient (Wildman–Crippen LogP) is 7.42. The van der Waals surface area contributed by atoms with Gasteiger partial charge in [0, 0.05) is 91.6 Å². The summed E-state index contributed by atoms with van der Waals surface area (Å²) in [5.74, 6) is 2.89. The normalized spacial score (nSPS) is 15.7. The second-order valence-corrected chi connectivity index (χ2v) is 20.6. The molecule has 2 aliphatic heterocycles. The van der Waals surface area contributed by atoms with Crippen molar-refractivity contribution in [2.24, 2.45) is 5.92 Å². The van der Waals surface area contributed by atoms with E-state index in [4.69, 9.17) is 9.40 Å². The van der Waals surface area contributed by atoms with Crippen molar-refractivity contribution in [3.05, 3.63) is 99.5 Å². The third-order valence-corrected chi connectivity index (χ3v) is 14.3. The highest BCUT2D eigenvalue weighted by molar-refractivity contribution is 8.00. The van der Waals surface area contributed by atoms with Crippen molar-refractivity contribution in [1.29, 1.82) is 0 Å². The molecule has 2 saturated heterocycles. The van der Waals surface area contributed by atoms with Gasteiger partial charge in [-0.25, -0.2) is 15.0 Å². The number of likely N-dealkylation sites (tertiary alicyclic amines) is 1. The fourth-order valence-corrected chi connectivity index (χ4v) is 10.1. The Labute approximate surface area is 382 Å². The Balaban J connectivity index is 0.793. The first-order valence-corrected chi connectivity index (χ1v) is 24.0. The number of aromatic nitrogens is 6. The molecule has 0 unspecified atom stereocenters. The Bertz CT molecular complexity index is 2640. The average Bonchev–Trinajstić information content (AvgIpc) is 4.05. The Morgan fingerprint density at radius 3 is 2.34 bits per heavy atom. The fourth-order valence-electron chi connectivity index (χ4n) is 8.37. The van der Waals surface area contributed by atoms with Crippen LogP contribution >= 0.6 is 23.1 Å². The first-order valence-electron chi connectivity index (χ1n) is 22.2. The molecule has 0 saturated carbocycles. The number of carbonyl (C=O) groups excluding carboxylic acids is 2. The second-order valence-electron chi connectivity index (χ2n) is 18.2. The van der Waals surface area contributed by atoms with Crippen molar-refractivity contribution in [3.8, 4) is 11.1 Å². The van der Waals surface area contributed by atoms with Crippen LogP contribution in [0.25, 0.3) is 22.0 Å². The Morgan fingerprint density at radius 2 is 1.67 bits per heavy atom.